The third-order valence-corrected chi connectivity index (χ3v) is 7.86. The molecule has 35 heavy (non-hydrogen) atoms. The molecule has 0 amide bonds. The average molecular weight is 576 g/mol. The molecule has 1 unspecified atom stereocenters. The van der Waals surface area contributed by atoms with Gasteiger partial charge < -0.3 is 14.8 Å². The molecule has 2 aliphatic rings. The second-order valence-corrected chi connectivity index (χ2v) is 10.4. The van der Waals surface area contributed by atoms with Crippen LogP contribution in [-0.4, -0.2) is 34.3 Å². The molecule has 1 atom stereocenters. The molecular formula is C25H24BrClN4O3S. The topological polar surface area (TPSA) is 78.3 Å². The van der Waals surface area contributed by atoms with Crippen molar-refractivity contribution in [2.45, 2.75) is 43.1 Å². The van der Waals surface area contributed by atoms with Crippen molar-refractivity contribution in [1.82, 2.24) is 14.8 Å². The Morgan fingerprint density at radius 2 is 2.11 bits per heavy atom. The number of ether oxygens (including phenoxy) is 2. The zero-order valence-corrected chi connectivity index (χ0v) is 22.5. The maximum absolute atomic E-state index is 13.1. The van der Waals surface area contributed by atoms with Gasteiger partial charge in [-0.2, -0.15) is 4.98 Å². The van der Waals surface area contributed by atoms with E-state index < -0.39 is 6.04 Å². The SMILES string of the molecule is CCOc1cc(C2C3=C(CCCC3=O)Nc3nc(SCc4ccccc4Cl)nn32)cc(Br)c1OC. The third kappa shape index (κ3) is 4.69. The number of rotatable bonds is 7. The van der Waals surface area contributed by atoms with Crippen LogP contribution in [0.3, 0.4) is 0 Å². The molecule has 7 nitrogen and oxygen atoms in total. The van der Waals surface area contributed by atoms with E-state index in [1.54, 1.807) is 11.8 Å². The summed E-state index contributed by atoms with van der Waals surface area (Å²) in [6, 6.07) is 11.2. The molecule has 1 N–H and O–H groups in total. The van der Waals surface area contributed by atoms with Crippen LogP contribution in [0.15, 0.2) is 57.3 Å². The van der Waals surface area contributed by atoms with Crippen molar-refractivity contribution in [2.24, 2.45) is 0 Å². The van der Waals surface area contributed by atoms with Crippen LogP contribution in [0, 0.1) is 0 Å². The first-order valence-electron chi connectivity index (χ1n) is 11.4. The van der Waals surface area contributed by atoms with E-state index in [1.165, 1.54) is 11.8 Å². The molecule has 10 heteroatoms. The first kappa shape index (κ1) is 24.2. The molecule has 0 spiro atoms. The Balaban J connectivity index is 1.57. The van der Waals surface area contributed by atoms with Crippen LogP contribution in [0.1, 0.15) is 43.4 Å². The normalized spacial score (nSPS) is 17.0. The van der Waals surface area contributed by atoms with E-state index in [1.807, 2.05) is 43.3 Å². The number of carbonyl (C=O) groups is 1. The molecule has 5 rings (SSSR count). The summed E-state index contributed by atoms with van der Waals surface area (Å²) in [6.45, 7) is 2.41. The number of halogens is 2. The molecular weight excluding hydrogens is 552 g/mol. The summed E-state index contributed by atoms with van der Waals surface area (Å²) in [4.78, 5) is 17.9. The first-order valence-corrected chi connectivity index (χ1v) is 13.5. The Kier molecular flexibility index (Phi) is 7.09. The summed E-state index contributed by atoms with van der Waals surface area (Å²) < 4.78 is 14.0. The first-order chi connectivity index (χ1) is 17.0. The summed E-state index contributed by atoms with van der Waals surface area (Å²) in [5, 5.41) is 9.52. The van der Waals surface area contributed by atoms with Crippen LogP contribution < -0.4 is 14.8 Å². The number of hydrogen-bond donors (Lipinski definition) is 1. The smallest absolute Gasteiger partial charge is 0.227 e. The standard InChI is InChI=1S/C25H24BrClN4O3S/c1-3-34-20-12-15(11-16(26)23(20)33-2)22-21-18(9-6-10-19(21)32)28-24-29-25(30-31(22)24)35-13-14-7-4-5-8-17(14)27/h4-5,7-8,11-12,22H,3,6,9-10,13H2,1-2H3,(H,28,29,30). The zero-order valence-electron chi connectivity index (χ0n) is 19.3. The maximum Gasteiger partial charge on any atom is 0.227 e. The molecule has 0 radical (unpaired) electrons. The Bertz CT molecular complexity index is 1330. The fourth-order valence-electron chi connectivity index (χ4n) is 4.47. The number of fused-ring (bicyclic) bond motifs is 1. The third-order valence-electron chi connectivity index (χ3n) is 6.01. The number of anilines is 1. The van der Waals surface area contributed by atoms with Gasteiger partial charge in [-0.05, 0) is 65.0 Å². The van der Waals surface area contributed by atoms with Crippen molar-refractivity contribution in [1.29, 1.82) is 0 Å². The summed E-state index contributed by atoms with van der Waals surface area (Å²) in [5.41, 5.74) is 3.54. The number of thioether (sulfide) groups is 1. The van der Waals surface area contributed by atoms with Gasteiger partial charge in [-0.25, -0.2) is 4.68 Å². The lowest BCUT2D eigenvalue weighted by atomic mass is 9.85. The Hall–Kier alpha value is -2.49. The summed E-state index contributed by atoms with van der Waals surface area (Å²) >= 11 is 11.5. The largest absolute Gasteiger partial charge is 0.492 e. The lowest BCUT2D eigenvalue weighted by Gasteiger charge is -2.32. The predicted molar refractivity (Wildman–Crippen MR) is 141 cm³/mol. The van der Waals surface area contributed by atoms with Crippen molar-refractivity contribution >= 4 is 51.0 Å². The number of allylic oxidation sites excluding steroid dienone is 2. The minimum Gasteiger partial charge on any atom is -0.492 e. The molecule has 0 fully saturated rings. The maximum atomic E-state index is 13.1. The van der Waals surface area contributed by atoms with E-state index >= 15 is 0 Å². The van der Waals surface area contributed by atoms with Crippen molar-refractivity contribution < 1.29 is 14.3 Å². The highest BCUT2D eigenvalue weighted by atomic mass is 79.9. The fourth-order valence-corrected chi connectivity index (χ4v) is 6.21. The number of hydrogen-bond acceptors (Lipinski definition) is 7. The highest BCUT2D eigenvalue weighted by Gasteiger charge is 2.37. The van der Waals surface area contributed by atoms with Crippen molar-refractivity contribution in [3.05, 3.63) is 68.3 Å². The molecule has 182 valence electrons. The van der Waals surface area contributed by atoms with Crippen molar-refractivity contribution in [2.75, 3.05) is 19.0 Å². The minimum absolute atomic E-state index is 0.125. The number of aromatic nitrogens is 3. The van der Waals surface area contributed by atoms with E-state index in [-0.39, 0.29) is 5.78 Å². The number of carbonyl (C=O) groups excluding carboxylic acids is 1. The second kappa shape index (κ2) is 10.2. The van der Waals surface area contributed by atoms with Gasteiger partial charge in [0.15, 0.2) is 17.3 Å². The van der Waals surface area contributed by atoms with Crippen LogP contribution in [0.25, 0.3) is 0 Å². The predicted octanol–water partition coefficient (Wildman–Crippen LogP) is 6.42. The van der Waals surface area contributed by atoms with E-state index in [0.717, 1.165) is 39.7 Å². The molecule has 1 aliphatic heterocycles. The van der Waals surface area contributed by atoms with E-state index in [0.29, 0.717) is 46.4 Å². The van der Waals surface area contributed by atoms with E-state index in [4.69, 9.17) is 31.2 Å². The minimum atomic E-state index is -0.419. The molecule has 0 saturated heterocycles. The highest BCUT2D eigenvalue weighted by Crippen LogP contribution is 2.45. The average Bonchev–Trinajstić information content (AvgIpc) is 3.25. The summed E-state index contributed by atoms with van der Waals surface area (Å²) in [5.74, 6) is 2.61. The molecule has 0 bridgehead atoms. The number of ketones is 1. The zero-order chi connectivity index (χ0) is 24.5. The Morgan fingerprint density at radius 3 is 2.89 bits per heavy atom. The number of Topliss-reactive ketones (excluding diaryl/α,β-unsaturated/α-hetero) is 1. The molecule has 1 aromatic heterocycles. The fraction of sp³-hybridized carbons (Fsp3) is 0.320. The number of methoxy groups -OCH3 is 1. The van der Waals surface area contributed by atoms with Gasteiger partial charge in [-0.15, -0.1) is 5.10 Å². The summed E-state index contributed by atoms with van der Waals surface area (Å²) in [6.07, 6.45) is 2.13. The molecule has 2 heterocycles. The van der Waals surface area contributed by atoms with Crippen LogP contribution in [0.5, 0.6) is 11.5 Å². The number of nitrogens with one attached hydrogen (secondary N) is 1. The van der Waals surface area contributed by atoms with Crippen LogP contribution >= 0.6 is 39.3 Å². The van der Waals surface area contributed by atoms with Gasteiger partial charge in [0.1, 0.15) is 6.04 Å². The quantitative estimate of drug-likeness (QED) is 0.326. The van der Waals surface area contributed by atoms with Gasteiger partial charge in [0.05, 0.1) is 18.2 Å². The molecule has 3 aromatic rings. The van der Waals surface area contributed by atoms with Crippen molar-refractivity contribution in [3.63, 3.8) is 0 Å². The number of nitrogens with zero attached hydrogens (tertiary/aromatic N) is 3. The lowest BCUT2D eigenvalue weighted by molar-refractivity contribution is -0.116. The number of benzene rings is 2. The van der Waals surface area contributed by atoms with Gasteiger partial charge in [-0.3, -0.25) is 4.79 Å². The highest BCUT2D eigenvalue weighted by molar-refractivity contribution is 9.10. The van der Waals surface area contributed by atoms with Gasteiger partial charge in [0.25, 0.3) is 0 Å². The summed E-state index contributed by atoms with van der Waals surface area (Å²) in [7, 11) is 1.61. The van der Waals surface area contributed by atoms with Gasteiger partial charge in [0, 0.05) is 28.5 Å². The molecule has 1 aliphatic carbocycles. The van der Waals surface area contributed by atoms with Crippen molar-refractivity contribution in [3.8, 4) is 11.5 Å². The van der Waals surface area contributed by atoms with Crippen LogP contribution in [0.2, 0.25) is 5.02 Å². The van der Waals surface area contributed by atoms with Crippen LogP contribution in [0.4, 0.5) is 5.95 Å². The van der Waals surface area contributed by atoms with Gasteiger partial charge in [0.2, 0.25) is 11.1 Å². The Labute approximate surface area is 221 Å². The van der Waals surface area contributed by atoms with Gasteiger partial charge in [-0.1, -0.05) is 41.6 Å². The molecule has 0 saturated carbocycles. The van der Waals surface area contributed by atoms with E-state index in [2.05, 4.69) is 21.2 Å². The van der Waals surface area contributed by atoms with E-state index in [9.17, 15) is 4.79 Å². The second-order valence-electron chi connectivity index (χ2n) is 8.21. The Morgan fingerprint density at radius 1 is 1.29 bits per heavy atom. The molecule has 2 aromatic carbocycles. The van der Waals surface area contributed by atoms with Gasteiger partial charge >= 0.3 is 0 Å². The van der Waals surface area contributed by atoms with Crippen LogP contribution in [-0.2, 0) is 10.5 Å². The lowest BCUT2D eigenvalue weighted by Crippen LogP contribution is -2.31. The monoisotopic (exact) mass is 574 g/mol.